The van der Waals surface area contributed by atoms with Crippen molar-refractivity contribution in [3.63, 3.8) is 0 Å². The van der Waals surface area contributed by atoms with Crippen molar-refractivity contribution in [3.8, 4) is 0 Å². The zero-order chi connectivity index (χ0) is 109. The molecule has 0 radical (unpaired) electrons. The fourth-order valence-electron chi connectivity index (χ4n) is 18.2. The number of rotatable bonds is 50. The van der Waals surface area contributed by atoms with Crippen LogP contribution in [0.2, 0.25) is 0 Å². The van der Waals surface area contributed by atoms with Gasteiger partial charge in [0.15, 0.2) is 0 Å². The average Bonchev–Trinajstić information content (AvgIpc) is 0.991. The van der Waals surface area contributed by atoms with E-state index in [1.54, 1.807) is 69.2 Å². The number of esters is 3. The first-order valence-electron chi connectivity index (χ1n) is 54.4. The van der Waals surface area contributed by atoms with Gasteiger partial charge in [0.25, 0.3) is 0 Å². The second-order valence-corrected chi connectivity index (χ2v) is 40.8. The first-order valence-corrected chi connectivity index (χ1v) is 54.4. The maximum atomic E-state index is 15.5. The number of unbranched alkanes of at least 4 members (excludes halogenated alkanes) is 21. The Morgan fingerprint density at radius 1 is 0.322 bits per heavy atom. The molecule has 0 aromatic rings. The van der Waals surface area contributed by atoms with Crippen LogP contribution in [0.25, 0.3) is 0 Å². The number of aliphatic hydroxyl groups is 3. The molecule has 41 nitrogen and oxygen atoms in total. The van der Waals surface area contributed by atoms with E-state index >= 15 is 19.2 Å². The summed E-state index contributed by atoms with van der Waals surface area (Å²) < 4.78 is 31.0. The van der Waals surface area contributed by atoms with E-state index in [4.69, 9.17) is 23.7 Å². The SMILES string of the molecule is CCCCCCCCCC[C@H]1OC(=O)CNC(=O)[C@H](C)NC(=O)[C@H](CO)NC(=O)[C@H]([C@@H](C)CC)NC(=O)[C@H](CC(C)COC[C@@H]2NC(=O)[C@H](CO)NC(=O)[C@H]([C@@H](C)CC)NC(=O)[C@H](CCC(C)O[C@@H](C)[C@@H]3NC(=O)[C@H](CO)NC(=O)[C@H]([C@@H](C)CC)NC(=O)[C@H](CCC)N(C)C(=O)[C@H](C)[C@@H](CCCCCCCCCC)OC(=O)CNC3=O)N(C)C(=O)[C@H](C)[C@@H](CCCCCCCCCC)OC(=O)CNC2=O)N(C)C(=O)[C@@H]1C. The maximum absolute atomic E-state index is 15.5. The third kappa shape index (κ3) is 45.4. The molecule has 24 atom stereocenters. The van der Waals surface area contributed by atoms with Crippen LogP contribution < -0.4 is 63.8 Å². The Balaban J connectivity index is 2.21. The van der Waals surface area contributed by atoms with E-state index in [2.05, 4.69) is 84.6 Å². The number of amides is 15. The summed E-state index contributed by atoms with van der Waals surface area (Å²) in [7, 11) is 4.18. The number of hydrogen-bond donors (Lipinski definition) is 15. The number of aliphatic hydroxyl groups excluding tert-OH is 3. The number of nitrogens with one attached hydrogen (secondary N) is 12. The van der Waals surface area contributed by atoms with E-state index in [0.717, 1.165) is 138 Å². The van der Waals surface area contributed by atoms with Crippen molar-refractivity contribution in [2.75, 3.05) is 73.8 Å². The molecule has 0 spiro atoms. The van der Waals surface area contributed by atoms with E-state index in [9.17, 15) is 82.4 Å². The van der Waals surface area contributed by atoms with Crippen LogP contribution in [0.5, 0.6) is 0 Å². The van der Waals surface area contributed by atoms with E-state index in [1.807, 2.05) is 6.92 Å². The molecule has 0 aromatic carbocycles. The molecule has 3 aliphatic rings. The quantitative estimate of drug-likeness (QED) is 0.0188. The molecule has 0 bridgehead atoms. The number of ether oxygens (including phenoxy) is 5. The topological polar surface area (TPSA) is 568 Å². The Hall–Kier alpha value is -9.74. The molecule has 146 heavy (non-hydrogen) atoms. The summed E-state index contributed by atoms with van der Waals surface area (Å²) in [6, 6.07) is -18.3. The smallest absolute Gasteiger partial charge is 0.325 e. The standard InChI is InChI=1S/C105H185N15O26/c1-21-28-31-34-37-40-43-46-50-81-69(13)103(139)118(18)78(49-24-4)96(132)114-87(65(9)25-5)101(137)112-76(61-123)95(131)117-90(99(135)108-58-86(126)146-81)73(17)143-68(12)53-54-79-97(133)115-88(66(10)26-6)100(136)111-75(60-122)94(130)113-77(92(128)107-57-85(125)145-82(70(14)104(140)119(79)19)51-47-44-41-38-35-32-29-22-2)63-142-62-64(8)55-80-98(134)116-89(67(11)27-7)102(138)110-74(59-121)93(129)109-72(16)91(127)106-56-84(124)144-83(71(15)105(141)120(80)20)52-48-45-42-39-36-33-30-23-3/h64-83,87-90,121-123H,21-63H2,1-20H3,(H,106,127)(H,107,128)(H,108,135)(H,109,129)(H,110,138)(H,111,136)(H,112,137)(H,113,130)(H,114,132)(H,115,133)(H,116,134)(H,117,131)/t64?,65-,66-,67-,68?,69+,70+,71+,72-,73-,74-,75-,76-,77-,78-,79-,80-,81+,82+,83+,87-,88-,89-,90-/m0/s1. The Labute approximate surface area is 866 Å². The molecule has 2 unspecified atom stereocenters. The van der Waals surface area contributed by atoms with Gasteiger partial charge in [-0.3, -0.25) is 86.3 Å². The Bertz CT molecular complexity index is 4060. The van der Waals surface area contributed by atoms with Crippen LogP contribution in [0.4, 0.5) is 0 Å². The van der Waals surface area contributed by atoms with Gasteiger partial charge < -0.3 is 118 Å². The van der Waals surface area contributed by atoms with Gasteiger partial charge in [0.1, 0.15) is 110 Å². The lowest BCUT2D eigenvalue weighted by Gasteiger charge is -2.35. The molecule has 3 saturated heterocycles. The number of cyclic esters (lactones) is 3. The van der Waals surface area contributed by atoms with E-state index in [-0.39, 0.29) is 64.4 Å². The largest absolute Gasteiger partial charge is 0.460 e. The first kappa shape index (κ1) is 130. The highest BCUT2D eigenvalue weighted by Crippen LogP contribution is 2.29. The molecule has 41 heteroatoms. The molecule has 3 heterocycles. The van der Waals surface area contributed by atoms with Crippen LogP contribution in [0.1, 0.15) is 342 Å². The lowest BCUT2D eigenvalue weighted by Crippen LogP contribution is -2.62. The van der Waals surface area contributed by atoms with Crippen molar-refractivity contribution >= 4 is 107 Å². The predicted octanol–water partition coefficient (Wildman–Crippen LogP) is 6.01. The normalized spacial score (nSPS) is 27.0. The molecule has 3 rings (SSSR count). The van der Waals surface area contributed by atoms with Crippen molar-refractivity contribution in [1.29, 1.82) is 0 Å². The molecule has 15 amide bonds. The molecule has 0 aliphatic carbocycles. The fourth-order valence-corrected chi connectivity index (χ4v) is 18.2. The summed E-state index contributed by atoms with van der Waals surface area (Å²) in [5, 5.41) is 63.2. The van der Waals surface area contributed by atoms with Crippen molar-refractivity contribution < 1.29 is 125 Å². The third-order valence-electron chi connectivity index (χ3n) is 28.7. The van der Waals surface area contributed by atoms with Gasteiger partial charge in [-0.1, -0.05) is 257 Å². The Morgan fingerprint density at radius 3 is 0.973 bits per heavy atom. The van der Waals surface area contributed by atoms with Crippen molar-refractivity contribution in [2.24, 2.45) is 41.4 Å². The van der Waals surface area contributed by atoms with Gasteiger partial charge in [0, 0.05) is 27.7 Å². The number of carbonyl (C=O) groups is 18. The second-order valence-electron chi connectivity index (χ2n) is 40.8. The molecular weight excluding hydrogens is 1890 g/mol. The van der Waals surface area contributed by atoms with Gasteiger partial charge in [-0.05, 0) is 109 Å². The minimum absolute atomic E-state index is 0.117. The highest BCUT2D eigenvalue weighted by atomic mass is 16.6. The molecule has 0 aromatic heterocycles. The van der Waals surface area contributed by atoms with Gasteiger partial charge in [0.2, 0.25) is 88.6 Å². The third-order valence-corrected chi connectivity index (χ3v) is 28.7. The van der Waals surface area contributed by atoms with E-state index < -0.39 is 297 Å². The van der Waals surface area contributed by atoms with E-state index in [0.29, 0.717) is 38.5 Å². The average molecular weight is 2070 g/mol. The van der Waals surface area contributed by atoms with Crippen LogP contribution in [-0.4, -0.2) is 313 Å². The van der Waals surface area contributed by atoms with Gasteiger partial charge in [-0.2, -0.15) is 0 Å². The van der Waals surface area contributed by atoms with Crippen molar-refractivity contribution in [3.05, 3.63) is 0 Å². The summed E-state index contributed by atoms with van der Waals surface area (Å²) in [6.07, 6.45) is 17.6. The molecule has 836 valence electrons. The molecule has 3 aliphatic heterocycles. The monoisotopic (exact) mass is 2070 g/mol. The highest BCUT2D eigenvalue weighted by molar-refractivity contribution is 6.00. The summed E-state index contributed by atoms with van der Waals surface area (Å²) in [5.41, 5.74) is 0. The molecular formula is C105H185N15O26. The fraction of sp³-hybridized carbons (Fsp3) is 0.829. The zero-order valence-corrected chi connectivity index (χ0v) is 91.3. The summed E-state index contributed by atoms with van der Waals surface area (Å²) >= 11 is 0. The van der Waals surface area contributed by atoms with Crippen molar-refractivity contribution in [1.82, 2.24) is 78.5 Å². The van der Waals surface area contributed by atoms with Gasteiger partial charge in [-0.25, -0.2) is 0 Å². The lowest BCUT2D eigenvalue weighted by molar-refractivity contribution is -0.158. The van der Waals surface area contributed by atoms with Gasteiger partial charge in [-0.15, -0.1) is 0 Å². The van der Waals surface area contributed by atoms with Crippen LogP contribution in [0, 0.1) is 41.4 Å². The zero-order valence-electron chi connectivity index (χ0n) is 91.3. The Morgan fingerprint density at radius 2 is 0.623 bits per heavy atom. The van der Waals surface area contributed by atoms with Gasteiger partial charge >= 0.3 is 17.9 Å². The second kappa shape index (κ2) is 71.0. The number of likely N-dealkylation sites (N-methyl/N-ethyl adjacent to an activating group) is 3. The summed E-state index contributed by atoms with van der Waals surface area (Å²) in [4.78, 5) is 266. The van der Waals surface area contributed by atoms with Crippen LogP contribution in [-0.2, 0) is 110 Å². The minimum Gasteiger partial charge on any atom is -0.460 e. The van der Waals surface area contributed by atoms with Crippen LogP contribution in [0.3, 0.4) is 0 Å². The minimum atomic E-state index is -1.87. The highest BCUT2D eigenvalue weighted by Gasteiger charge is 2.45. The number of hydrogen-bond acceptors (Lipinski definition) is 26. The van der Waals surface area contributed by atoms with Crippen molar-refractivity contribution in [2.45, 2.75) is 445 Å². The summed E-state index contributed by atoms with van der Waals surface area (Å²) in [6.45, 7) is 22.6. The van der Waals surface area contributed by atoms with Crippen LogP contribution in [0.15, 0.2) is 0 Å². The maximum Gasteiger partial charge on any atom is 0.325 e. The first-order chi connectivity index (χ1) is 69.4. The lowest BCUT2D eigenvalue weighted by atomic mass is 9.93. The summed E-state index contributed by atoms with van der Waals surface area (Å²) in [5.74, 6) is -22.1. The molecule has 3 fully saturated rings. The van der Waals surface area contributed by atoms with E-state index in [1.165, 1.54) is 46.8 Å². The van der Waals surface area contributed by atoms with Gasteiger partial charge in [0.05, 0.1) is 56.4 Å². The predicted molar refractivity (Wildman–Crippen MR) is 549 cm³/mol. The number of carbonyl (C=O) groups excluding carboxylic acids is 18. The number of nitrogens with zero attached hydrogens (tertiary/aromatic N) is 3. The molecule has 0 saturated carbocycles. The Kier molecular flexibility index (Phi) is 63.5. The van der Waals surface area contributed by atoms with Crippen LogP contribution >= 0.6 is 0 Å². The molecule has 15 N–H and O–H groups in total.